The average Bonchev–Trinajstić information content (AvgIpc) is 3.14. The number of benzene rings is 1. The van der Waals surface area contributed by atoms with E-state index in [9.17, 15) is 5.11 Å². The third-order valence-corrected chi connectivity index (χ3v) is 3.97. The SMILES string of the molecule is CC(N)C(c1ccc(Br)cc1)N(CCO)C1CC1. The fourth-order valence-corrected chi connectivity index (χ4v) is 2.79. The maximum atomic E-state index is 9.25. The zero-order valence-corrected chi connectivity index (χ0v) is 12.3. The largest absolute Gasteiger partial charge is 0.395 e. The van der Waals surface area contributed by atoms with Gasteiger partial charge in [0.25, 0.3) is 0 Å². The fourth-order valence-electron chi connectivity index (χ4n) is 2.53. The number of aliphatic hydroxyl groups excluding tert-OH is 1. The molecular formula is C14H21BrN2O. The summed E-state index contributed by atoms with van der Waals surface area (Å²) in [7, 11) is 0. The third kappa shape index (κ3) is 3.32. The summed E-state index contributed by atoms with van der Waals surface area (Å²) in [5.74, 6) is 0. The molecular weight excluding hydrogens is 292 g/mol. The van der Waals surface area contributed by atoms with Crippen molar-refractivity contribution < 1.29 is 5.11 Å². The van der Waals surface area contributed by atoms with Gasteiger partial charge in [0.1, 0.15) is 0 Å². The molecule has 2 atom stereocenters. The number of nitrogens with two attached hydrogens (primary N) is 1. The van der Waals surface area contributed by atoms with Gasteiger partial charge >= 0.3 is 0 Å². The van der Waals surface area contributed by atoms with Gasteiger partial charge < -0.3 is 10.8 Å². The quantitative estimate of drug-likeness (QED) is 0.847. The van der Waals surface area contributed by atoms with E-state index in [0.29, 0.717) is 12.6 Å². The minimum absolute atomic E-state index is 0.0540. The van der Waals surface area contributed by atoms with E-state index >= 15 is 0 Å². The molecule has 0 bridgehead atoms. The van der Waals surface area contributed by atoms with Gasteiger partial charge in [0.15, 0.2) is 0 Å². The number of aliphatic hydroxyl groups is 1. The molecule has 0 aromatic heterocycles. The van der Waals surface area contributed by atoms with Gasteiger partial charge in [-0.1, -0.05) is 28.1 Å². The molecule has 18 heavy (non-hydrogen) atoms. The molecule has 100 valence electrons. The van der Waals surface area contributed by atoms with E-state index in [0.717, 1.165) is 4.47 Å². The minimum atomic E-state index is 0.0540. The highest BCUT2D eigenvalue weighted by atomic mass is 79.9. The Labute approximate surface area is 117 Å². The number of hydrogen-bond acceptors (Lipinski definition) is 3. The van der Waals surface area contributed by atoms with Crippen molar-refractivity contribution in [3.05, 3.63) is 34.3 Å². The van der Waals surface area contributed by atoms with E-state index in [-0.39, 0.29) is 18.7 Å². The first kappa shape index (κ1) is 14.0. The van der Waals surface area contributed by atoms with Crippen LogP contribution >= 0.6 is 15.9 Å². The van der Waals surface area contributed by atoms with Crippen molar-refractivity contribution in [3.8, 4) is 0 Å². The Bertz CT molecular complexity index is 376. The predicted molar refractivity (Wildman–Crippen MR) is 77.3 cm³/mol. The molecule has 2 unspecified atom stereocenters. The van der Waals surface area contributed by atoms with E-state index in [2.05, 4.69) is 45.1 Å². The lowest BCUT2D eigenvalue weighted by Gasteiger charge is -2.34. The lowest BCUT2D eigenvalue weighted by molar-refractivity contribution is 0.129. The molecule has 0 saturated heterocycles. The van der Waals surface area contributed by atoms with Crippen LogP contribution in [0.3, 0.4) is 0 Å². The highest BCUT2D eigenvalue weighted by Gasteiger charge is 2.35. The molecule has 1 aliphatic rings. The van der Waals surface area contributed by atoms with Crippen LogP contribution in [-0.4, -0.2) is 35.2 Å². The van der Waals surface area contributed by atoms with Gasteiger partial charge in [0.05, 0.1) is 6.61 Å². The van der Waals surface area contributed by atoms with Gasteiger partial charge in [-0.2, -0.15) is 0 Å². The van der Waals surface area contributed by atoms with Gasteiger partial charge in [-0.15, -0.1) is 0 Å². The molecule has 3 nitrogen and oxygen atoms in total. The summed E-state index contributed by atoms with van der Waals surface area (Å²) in [5.41, 5.74) is 7.40. The van der Waals surface area contributed by atoms with Crippen LogP contribution < -0.4 is 5.73 Å². The van der Waals surface area contributed by atoms with Crippen molar-refractivity contribution in [3.63, 3.8) is 0 Å². The van der Waals surface area contributed by atoms with Crippen molar-refractivity contribution in [2.45, 2.75) is 37.9 Å². The fraction of sp³-hybridized carbons (Fsp3) is 0.571. The summed E-state index contributed by atoms with van der Waals surface area (Å²) in [6.45, 7) is 2.93. The summed E-state index contributed by atoms with van der Waals surface area (Å²) in [5, 5.41) is 9.25. The Balaban J connectivity index is 2.22. The first-order chi connectivity index (χ1) is 8.63. The number of rotatable bonds is 6. The molecule has 1 aromatic rings. The number of halogens is 1. The van der Waals surface area contributed by atoms with Gasteiger partial charge in [-0.25, -0.2) is 0 Å². The van der Waals surface area contributed by atoms with Crippen LogP contribution in [0.1, 0.15) is 31.4 Å². The van der Waals surface area contributed by atoms with Crippen LogP contribution in [0.2, 0.25) is 0 Å². The van der Waals surface area contributed by atoms with Crippen molar-refractivity contribution >= 4 is 15.9 Å². The second-order valence-corrected chi connectivity index (χ2v) is 5.96. The smallest absolute Gasteiger partial charge is 0.0558 e. The molecule has 0 spiro atoms. The van der Waals surface area contributed by atoms with Crippen LogP contribution in [0.15, 0.2) is 28.7 Å². The second-order valence-electron chi connectivity index (χ2n) is 5.05. The average molecular weight is 313 g/mol. The topological polar surface area (TPSA) is 49.5 Å². The summed E-state index contributed by atoms with van der Waals surface area (Å²) < 4.78 is 1.08. The summed E-state index contributed by atoms with van der Waals surface area (Å²) >= 11 is 3.46. The maximum Gasteiger partial charge on any atom is 0.0558 e. The maximum absolute atomic E-state index is 9.25. The zero-order chi connectivity index (χ0) is 13.1. The Morgan fingerprint density at radius 1 is 1.39 bits per heavy atom. The van der Waals surface area contributed by atoms with Crippen LogP contribution in [0.4, 0.5) is 0 Å². The highest BCUT2D eigenvalue weighted by molar-refractivity contribution is 9.10. The Hall–Kier alpha value is -0.420. The monoisotopic (exact) mass is 312 g/mol. The first-order valence-corrected chi connectivity index (χ1v) is 7.30. The molecule has 0 heterocycles. The lowest BCUT2D eigenvalue weighted by atomic mass is 9.99. The minimum Gasteiger partial charge on any atom is -0.395 e. The Morgan fingerprint density at radius 3 is 2.44 bits per heavy atom. The molecule has 1 aromatic carbocycles. The van der Waals surface area contributed by atoms with Crippen molar-refractivity contribution in [1.29, 1.82) is 0 Å². The van der Waals surface area contributed by atoms with Gasteiger partial charge in [0.2, 0.25) is 0 Å². The van der Waals surface area contributed by atoms with Crippen LogP contribution in [0, 0.1) is 0 Å². The van der Waals surface area contributed by atoms with Crippen LogP contribution in [-0.2, 0) is 0 Å². The standard InChI is InChI=1S/C14H21BrN2O/c1-10(16)14(11-2-4-12(15)5-3-11)17(8-9-18)13-6-7-13/h2-5,10,13-14,18H,6-9,16H2,1H3. The normalized spacial score (nSPS) is 18.9. The third-order valence-electron chi connectivity index (χ3n) is 3.44. The molecule has 1 fully saturated rings. The molecule has 2 rings (SSSR count). The summed E-state index contributed by atoms with van der Waals surface area (Å²) in [6, 6.07) is 9.17. The van der Waals surface area contributed by atoms with E-state index in [1.807, 2.05) is 6.92 Å². The van der Waals surface area contributed by atoms with E-state index < -0.39 is 0 Å². The van der Waals surface area contributed by atoms with Crippen molar-refractivity contribution in [2.75, 3.05) is 13.2 Å². The Morgan fingerprint density at radius 2 is 2.00 bits per heavy atom. The highest BCUT2D eigenvalue weighted by Crippen LogP contribution is 2.35. The van der Waals surface area contributed by atoms with Crippen LogP contribution in [0.5, 0.6) is 0 Å². The van der Waals surface area contributed by atoms with Gasteiger partial charge in [-0.3, -0.25) is 4.90 Å². The summed E-state index contributed by atoms with van der Waals surface area (Å²) in [4.78, 5) is 2.36. The molecule has 0 amide bonds. The molecule has 0 aliphatic heterocycles. The van der Waals surface area contributed by atoms with E-state index in [1.165, 1.54) is 18.4 Å². The number of hydrogen-bond donors (Lipinski definition) is 2. The van der Waals surface area contributed by atoms with Crippen LogP contribution in [0.25, 0.3) is 0 Å². The molecule has 4 heteroatoms. The molecule has 1 aliphatic carbocycles. The molecule has 3 N–H and O–H groups in total. The zero-order valence-electron chi connectivity index (χ0n) is 10.7. The van der Waals surface area contributed by atoms with E-state index in [4.69, 9.17) is 5.73 Å². The second kappa shape index (κ2) is 6.15. The van der Waals surface area contributed by atoms with Gasteiger partial charge in [0, 0.05) is 29.1 Å². The number of nitrogens with zero attached hydrogens (tertiary/aromatic N) is 1. The van der Waals surface area contributed by atoms with Crippen molar-refractivity contribution in [2.24, 2.45) is 5.73 Å². The van der Waals surface area contributed by atoms with Gasteiger partial charge in [-0.05, 0) is 37.5 Å². The molecule has 1 saturated carbocycles. The molecule has 0 radical (unpaired) electrons. The summed E-state index contributed by atoms with van der Waals surface area (Å²) in [6.07, 6.45) is 2.44. The first-order valence-electron chi connectivity index (χ1n) is 6.51. The predicted octanol–water partition coefficient (Wildman–Crippen LogP) is 2.29. The lowest BCUT2D eigenvalue weighted by Crippen LogP contribution is -2.42. The van der Waals surface area contributed by atoms with Crippen molar-refractivity contribution in [1.82, 2.24) is 4.90 Å². The Kier molecular flexibility index (Phi) is 4.78. The van der Waals surface area contributed by atoms with E-state index in [1.54, 1.807) is 0 Å².